The maximum absolute atomic E-state index is 4.82. The summed E-state index contributed by atoms with van der Waals surface area (Å²) >= 11 is 0. The standard InChI is InChI=1S/C20H26N2/c1-19(2,3)16-11-9-12-17(20(4,5)6)18(16)22-14-15-10-7-8-13-21-15/h7-14H,1-6H3. The third kappa shape index (κ3) is 3.82. The Morgan fingerprint density at radius 2 is 1.41 bits per heavy atom. The van der Waals surface area contributed by atoms with E-state index in [4.69, 9.17) is 4.99 Å². The number of para-hydroxylation sites is 1. The first-order valence-electron chi connectivity index (χ1n) is 7.78. The van der Waals surface area contributed by atoms with Crippen molar-refractivity contribution in [2.24, 2.45) is 4.99 Å². The Hall–Kier alpha value is -1.96. The Labute approximate surface area is 134 Å². The molecule has 0 amide bonds. The lowest BCUT2D eigenvalue weighted by molar-refractivity contribution is 0.571. The van der Waals surface area contributed by atoms with E-state index in [1.807, 2.05) is 24.4 Å². The Morgan fingerprint density at radius 1 is 0.818 bits per heavy atom. The van der Waals surface area contributed by atoms with Crippen LogP contribution in [-0.2, 0) is 10.8 Å². The van der Waals surface area contributed by atoms with Gasteiger partial charge in [0.1, 0.15) is 0 Å². The van der Waals surface area contributed by atoms with Gasteiger partial charge in [0, 0.05) is 6.20 Å². The van der Waals surface area contributed by atoms with E-state index in [0.29, 0.717) is 0 Å². The highest BCUT2D eigenvalue weighted by Crippen LogP contribution is 2.39. The number of nitrogens with zero attached hydrogens (tertiary/aromatic N) is 2. The Balaban J connectivity index is 2.58. The monoisotopic (exact) mass is 294 g/mol. The molecule has 0 aliphatic rings. The van der Waals surface area contributed by atoms with Crippen LogP contribution in [0.15, 0.2) is 47.6 Å². The summed E-state index contributed by atoms with van der Waals surface area (Å²) < 4.78 is 0. The Morgan fingerprint density at radius 3 is 1.86 bits per heavy atom. The molecule has 0 radical (unpaired) electrons. The second-order valence-corrected chi connectivity index (χ2v) is 7.71. The molecular weight excluding hydrogens is 268 g/mol. The number of aliphatic imine (C=N–C) groups is 1. The first kappa shape index (κ1) is 16.4. The zero-order valence-electron chi connectivity index (χ0n) is 14.5. The van der Waals surface area contributed by atoms with E-state index < -0.39 is 0 Å². The molecule has 0 saturated carbocycles. The second-order valence-electron chi connectivity index (χ2n) is 7.71. The maximum Gasteiger partial charge on any atom is 0.0812 e. The van der Waals surface area contributed by atoms with E-state index in [2.05, 4.69) is 64.7 Å². The maximum atomic E-state index is 4.82. The van der Waals surface area contributed by atoms with Crippen LogP contribution in [0.5, 0.6) is 0 Å². The first-order valence-corrected chi connectivity index (χ1v) is 7.78. The third-order valence-electron chi connectivity index (χ3n) is 3.67. The molecule has 0 fully saturated rings. The van der Waals surface area contributed by atoms with Crippen molar-refractivity contribution in [3.8, 4) is 0 Å². The highest BCUT2D eigenvalue weighted by molar-refractivity contribution is 5.81. The van der Waals surface area contributed by atoms with Gasteiger partial charge in [-0.3, -0.25) is 9.98 Å². The van der Waals surface area contributed by atoms with Crippen LogP contribution in [0.2, 0.25) is 0 Å². The van der Waals surface area contributed by atoms with Gasteiger partial charge in [-0.25, -0.2) is 0 Å². The number of aromatic nitrogens is 1. The molecule has 0 spiro atoms. The molecule has 2 aromatic rings. The number of benzene rings is 1. The van der Waals surface area contributed by atoms with Crippen molar-refractivity contribution < 1.29 is 0 Å². The van der Waals surface area contributed by atoms with Crippen LogP contribution in [0.3, 0.4) is 0 Å². The summed E-state index contributed by atoms with van der Waals surface area (Å²) in [5.74, 6) is 0. The number of hydrogen-bond donors (Lipinski definition) is 0. The van der Waals surface area contributed by atoms with Crippen molar-refractivity contribution >= 4 is 11.9 Å². The van der Waals surface area contributed by atoms with Gasteiger partial charge >= 0.3 is 0 Å². The fourth-order valence-corrected chi connectivity index (χ4v) is 2.48. The van der Waals surface area contributed by atoms with E-state index in [1.54, 1.807) is 6.20 Å². The molecule has 2 heteroatoms. The minimum Gasteiger partial charge on any atom is -0.255 e. The molecule has 1 aromatic heterocycles. The van der Waals surface area contributed by atoms with Gasteiger partial charge in [-0.1, -0.05) is 65.8 Å². The van der Waals surface area contributed by atoms with Crippen LogP contribution in [0, 0.1) is 0 Å². The van der Waals surface area contributed by atoms with Gasteiger partial charge in [0.05, 0.1) is 17.6 Å². The van der Waals surface area contributed by atoms with Crippen LogP contribution in [0.4, 0.5) is 5.69 Å². The van der Waals surface area contributed by atoms with Crippen molar-refractivity contribution in [1.29, 1.82) is 0 Å². The Bertz CT molecular complexity index is 624. The molecule has 2 rings (SSSR count). The average Bonchev–Trinajstić information content (AvgIpc) is 2.44. The zero-order valence-corrected chi connectivity index (χ0v) is 14.5. The molecule has 22 heavy (non-hydrogen) atoms. The fraction of sp³-hybridized carbons (Fsp3) is 0.400. The molecule has 1 aromatic carbocycles. The smallest absolute Gasteiger partial charge is 0.0812 e. The summed E-state index contributed by atoms with van der Waals surface area (Å²) in [5.41, 5.74) is 4.61. The number of hydrogen-bond acceptors (Lipinski definition) is 2. The van der Waals surface area contributed by atoms with Crippen LogP contribution in [0.1, 0.15) is 58.4 Å². The van der Waals surface area contributed by atoms with E-state index >= 15 is 0 Å². The molecule has 2 nitrogen and oxygen atoms in total. The van der Waals surface area contributed by atoms with E-state index in [1.165, 1.54) is 11.1 Å². The third-order valence-corrected chi connectivity index (χ3v) is 3.67. The first-order chi connectivity index (χ1) is 10.2. The summed E-state index contributed by atoms with van der Waals surface area (Å²) in [7, 11) is 0. The normalized spacial score (nSPS) is 12.8. The topological polar surface area (TPSA) is 25.2 Å². The number of rotatable bonds is 2. The van der Waals surface area contributed by atoms with E-state index in [-0.39, 0.29) is 10.8 Å². The molecule has 0 aliphatic carbocycles. The summed E-state index contributed by atoms with van der Waals surface area (Å²) in [6.07, 6.45) is 3.65. The molecule has 0 saturated heterocycles. The second kappa shape index (κ2) is 6.04. The lowest BCUT2D eigenvalue weighted by Crippen LogP contribution is -2.17. The van der Waals surface area contributed by atoms with Gasteiger partial charge in [0.25, 0.3) is 0 Å². The summed E-state index contributed by atoms with van der Waals surface area (Å²) in [4.78, 5) is 9.15. The summed E-state index contributed by atoms with van der Waals surface area (Å²) in [6, 6.07) is 12.4. The minimum atomic E-state index is 0.0536. The van der Waals surface area contributed by atoms with Crippen LogP contribution in [-0.4, -0.2) is 11.2 Å². The molecule has 0 unspecified atom stereocenters. The predicted molar refractivity (Wildman–Crippen MR) is 95.3 cm³/mol. The van der Waals surface area contributed by atoms with Crippen molar-refractivity contribution in [2.45, 2.75) is 52.4 Å². The molecule has 0 bridgehead atoms. The predicted octanol–water partition coefficient (Wildman–Crippen LogP) is 5.43. The van der Waals surface area contributed by atoms with Crippen LogP contribution < -0.4 is 0 Å². The highest BCUT2D eigenvalue weighted by Gasteiger charge is 2.24. The molecule has 0 atom stereocenters. The molecular formula is C20H26N2. The molecule has 0 aliphatic heterocycles. The van der Waals surface area contributed by atoms with Gasteiger partial charge in [-0.05, 0) is 34.1 Å². The highest BCUT2D eigenvalue weighted by atomic mass is 14.8. The van der Waals surface area contributed by atoms with Gasteiger partial charge < -0.3 is 0 Å². The largest absolute Gasteiger partial charge is 0.255 e. The SMILES string of the molecule is CC(C)(C)c1cccc(C(C)(C)C)c1N=Cc1ccccn1. The van der Waals surface area contributed by atoms with E-state index in [9.17, 15) is 0 Å². The molecule has 0 N–H and O–H groups in total. The molecule has 1 heterocycles. The molecule has 116 valence electrons. The summed E-state index contributed by atoms with van der Waals surface area (Å²) in [6.45, 7) is 13.4. The van der Waals surface area contributed by atoms with E-state index in [0.717, 1.165) is 11.4 Å². The summed E-state index contributed by atoms with van der Waals surface area (Å²) in [5, 5.41) is 0. The lowest BCUT2D eigenvalue weighted by Gasteiger charge is -2.27. The number of pyridine rings is 1. The quantitative estimate of drug-likeness (QED) is 0.678. The van der Waals surface area contributed by atoms with Gasteiger partial charge in [0.15, 0.2) is 0 Å². The van der Waals surface area contributed by atoms with Crippen molar-refractivity contribution in [2.75, 3.05) is 0 Å². The van der Waals surface area contributed by atoms with Crippen LogP contribution >= 0.6 is 0 Å². The lowest BCUT2D eigenvalue weighted by atomic mass is 9.79. The zero-order chi connectivity index (χ0) is 16.4. The average molecular weight is 294 g/mol. The van der Waals surface area contributed by atoms with Crippen LogP contribution in [0.25, 0.3) is 0 Å². The van der Waals surface area contributed by atoms with Gasteiger partial charge in [0.2, 0.25) is 0 Å². The Kier molecular flexibility index (Phi) is 4.50. The van der Waals surface area contributed by atoms with Gasteiger partial charge in [-0.2, -0.15) is 0 Å². The van der Waals surface area contributed by atoms with Crippen molar-refractivity contribution in [1.82, 2.24) is 4.98 Å². The van der Waals surface area contributed by atoms with Gasteiger partial charge in [-0.15, -0.1) is 0 Å². The minimum absolute atomic E-state index is 0.0536. The van der Waals surface area contributed by atoms with Crippen molar-refractivity contribution in [3.05, 3.63) is 59.4 Å². The fourth-order valence-electron chi connectivity index (χ4n) is 2.48. The van der Waals surface area contributed by atoms with Crippen molar-refractivity contribution in [3.63, 3.8) is 0 Å².